The van der Waals surface area contributed by atoms with Gasteiger partial charge in [0.15, 0.2) is 0 Å². The molecule has 5 unspecified atom stereocenters. The zero-order valence-corrected chi connectivity index (χ0v) is 11.6. The van der Waals surface area contributed by atoms with Crippen molar-refractivity contribution in [2.75, 3.05) is 0 Å². The molecule has 0 amide bonds. The molecule has 10 heterocycles. The minimum atomic E-state index is -3.02. The van der Waals surface area contributed by atoms with Crippen molar-refractivity contribution in [2.45, 2.75) is 58.2 Å². The van der Waals surface area contributed by atoms with Crippen LogP contribution in [0.25, 0.3) is 0 Å². The van der Waals surface area contributed by atoms with Crippen LogP contribution in [0.4, 0.5) is 0 Å². The Morgan fingerprint density at radius 3 is 1.67 bits per heavy atom. The zero-order chi connectivity index (χ0) is 9.51. The molecule has 10 rings (SSSR count). The average Bonchev–Trinajstić information content (AvgIpc) is 3.10. The van der Waals surface area contributed by atoms with Crippen molar-refractivity contribution in [3.8, 4) is 0 Å². The minimum absolute atomic E-state index is 0.0957. The topological polar surface area (TPSA) is 20.2 Å². The Morgan fingerprint density at radius 2 is 1.60 bits per heavy atom. The van der Waals surface area contributed by atoms with Crippen LogP contribution < -0.4 is 0 Å². The second kappa shape index (κ2) is 0.423. The van der Waals surface area contributed by atoms with Crippen molar-refractivity contribution in [3.05, 3.63) is 0 Å². The van der Waals surface area contributed by atoms with E-state index < -0.39 is 6.51 Å². The van der Waals surface area contributed by atoms with Crippen molar-refractivity contribution in [3.63, 3.8) is 0 Å². The Bertz CT molecular complexity index is 922. The number of aliphatic hydroxyl groups excluding tert-OH is 1. The van der Waals surface area contributed by atoms with Crippen LogP contribution in [0.2, 0.25) is 42.8 Å². The van der Waals surface area contributed by atoms with Crippen LogP contribution in [0.15, 0.2) is 0 Å². The van der Waals surface area contributed by atoms with Gasteiger partial charge in [0.25, 0.3) is 0 Å². The summed E-state index contributed by atoms with van der Waals surface area (Å²) in [5.41, 5.74) is 0. The van der Waals surface area contributed by atoms with Crippen LogP contribution in [0.5, 0.6) is 0 Å². The second-order valence-corrected chi connectivity index (χ2v) is 36.3. The Labute approximate surface area is 91.8 Å². The normalized spacial score (nSPS) is 141. The van der Waals surface area contributed by atoms with E-state index in [1.165, 1.54) is 38.5 Å². The molecule has 1 spiro atoms. The Kier molecular flexibility index (Phi) is 0.166. The summed E-state index contributed by atoms with van der Waals surface area (Å²) in [7, 11) is 0. The molecule has 0 aliphatic carbocycles. The molecule has 1 nitrogen and oxygen atoms in total. The van der Waals surface area contributed by atoms with Crippen molar-refractivity contribution in [1.29, 1.82) is 0 Å². The molecule has 6 atom stereocenters. The first-order valence-corrected chi connectivity index (χ1v) is 13.7. The number of rotatable bonds is 1. The van der Waals surface area contributed by atoms with Crippen LogP contribution in [-0.2, 0) is 6.51 Å². The van der Waals surface area contributed by atoms with E-state index in [-0.39, 0.29) is 6.10 Å². The zero-order valence-electron chi connectivity index (χ0n) is 8.37. The van der Waals surface area contributed by atoms with Crippen molar-refractivity contribution < 1.29 is 11.6 Å². The van der Waals surface area contributed by atoms with Gasteiger partial charge in [0.1, 0.15) is 0 Å². The molecule has 10 saturated heterocycles. The van der Waals surface area contributed by atoms with E-state index in [1.54, 1.807) is 0 Å². The van der Waals surface area contributed by atoms with Crippen LogP contribution in [0.1, 0.15) is 6.92 Å². The van der Waals surface area contributed by atoms with Gasteiger partial charge in [0.2, 0.25) is 0 Å². The van der Waals surface area contributed by atoms with Crippen molar-refractivity contribution in [1.82, 2.24) is 0 Å². The van der Waals surface area contributed by atoms with Crippen LogP contribution in [0, 0.1) is 0 Å². The molecule has 82 valence electrons. The molecule has 10 fully saturated rings. The monoisotopic (exact) mass is 356 g/mol. The summed E-state index contributed by atoms with van der Waals surface area (Å²) in [4.78, 5) is 10.6. The summed E-state index contributed by atoms with van der Waals surface area (Å²) in [6.45, 7) is -0.839. The van der Waals surface area contributed by atoms with E-state index in [9.17, 15) is 5.11 Å². The van der Waals surface area contributed by atoms with Crippen LogP contribution >= 0.6 is 22.6 Å². The third-order valence-corrected chi connectivity index (χ3v) is 68.6. The van der Waals surface area contributed by atoms with Crippen LogP contribution in [-0.4, -0.2) is 13.5 Å². The van der Waals surface area contributed by atoms with Gasteiger partial charge in [-0.1, -0.05) is 0 Å². The maximum absolute atomic E-state index is 10.5. The number of hydrogen-bond acceptors (Lipinski definition) is 1. The van der Waals surface area contributed by atoms with Gasteiger partial charge in [-0.3, -0.25) is 0 Å². The van der Waals surface area contributed by atoms with Crippen LogP contribution in [0.3, 0.4) is 0 Å². The Hall–Kier alpha value is 1.21. The van der Waals surface area contributed by atoms with Gasteiger partial charge in [0, 0.05) is 0 Å². The molecule has 1 N–H and O–H groups in total. The number of fused-ring (bicyclic) bond motifs is 10. The van der Waals surface area contributed by atoms with E-state index in [4.69, 9.17) is 0 Å². The third kappa shape index (κ3) is 0.0484. The fraction of sp³-hybridized carbons (Fsp3) is 1.00. The van der Waals surface area contributed by atoms with Crippen molar-refractivity contribution in [2.24, 2.45) is 0 Å². The van der Waals surface area contributed by atoms with Gasteiger partial charge in [-0.2, -0.15) is 0 Å². The summed E-state index contributed by atoms with van der Waals surface area (Å²) in [6, 6.07) is 0. The molecule has 15 heavy (non-hydrogen) atoms. The Morgan fingerprint density at radius 1 is 1.07 bits per heavy atom. The van der Waals surface area contributed by atoms with E-state index in [0.29, 0.717) is 4.31 Å². The number of aliphatic hydroxyl groups is 1. The fourth-order valence-corrected chi connectivity index (χ4v) is 111. The van der Waals surface area contributed by atoms with Gasteiger partial charge in [-0.05, 0) is 0 Å². The molecule has 0 bridgehead atoms. The first-order valence-electron chi connectivity index (χ1n) is 6.46. The fourth-order valence-electron chi connectivity index (χ4n) is 17.6. The molecule has 0 aromatic carbocycles. The van der Waals surface area contributed by atoms with E-state index in [0.717, 1.165) is 2.32 Å². The predicted molar refractivity (Wildman–Crippen MR) is 61.1 cm³/mol. The van der Waals surface area contributed by atoms with E-state index in [1.807, 2.05) is 0 Å². The summed E-state index contributed by atoms with van der Waals surface area (Å²) < 4.78 is 1.50. The Balaban J connectivity index is 1.91. The van der Waals surface area contributed by atoms with E-state index in [2.05, 4.69) is 29.5 Å². The summed E-state index contributed by atoms with van der Waals surface area (Å²) >= 11 is 2.97. The average molecular weight is 356 g/mol. The summed E-state index contributed by atoms with van der Waals surface area (Å²) in [5.74, 6) is 0. The molecule has 10 aliphatic heterocycles. The van der Waals surface area contributed by atoms with Gasteiger partial charge >= 0.3 is 92.4 Å². The molecule has 0 aromatic heterocycles. The molecule has 0 aromatic rings. The first-order chi connectivity index (χ1) is 6.88. The molecule has 0 radical (unpaired) electrons. The second-order valence-electron chi connectivity index (χ2n) is 10.4. The summed E-state index contributed by atoms with van der Waals surface area (Å²) in [6.07, 6.45) is 0.0957. The SMILES string of the molecule is C[C@@H](O)[C]12[CH]3[CH]4[CH]5[C]1(I)[Fe]45321678[CH]2[CH]1[CH]6[CH]7[CH]28. The maximum atomic E-state index is 10.5. The molecule has 0 saturated carbocycles. The standard InChI is InChI=1S/C7H8IO.C5H5.Fe/c1-5(9)6-3-2-4-7(6)8;1-2-4-5-3-1;/h2-5,9H,1H3;1-5H;/t5-;;/m1../s1. The summed E-state index contributed by atoms with van der Waals surface area (Å²) in [5, 5.41) is 10.5. The number of halogens is 1. The predicted octanol–water partition coefficient (Wildman–Crippen LogP) is 3.47. The van der Waals surface area contributed by atoms with Gasteiger partial charge in [0.05, 0.1) is 0 Å². The molecular weight excluding hydrogens is 343 g/mol. The molecule has 3 heteroatoms. The van der Waals surface area contributed by atoms with Gasteiger partial charge in [-0.25, -0.2) is 0 Å². The number of hydrogen-bond donors (Lipinski definition) is 1. The van der Waals surface area contributed by atoms with Gasteiger partial charge < -0.3 is 0 Å². The van der Waals surface area contributed by atoms with Crippen molar-refractivity contribution >= 4 is 22.6 Å². The number of alkyl halides is 1. The van der Waals surface area contributed by atoms with Gasteiger partial charge in [-0.15, -0.1) is 0 Å². The quantitative estimate of drug-likeness (QED) is 0.434. The molecular formula is C12H13FeIO. The molecule has 10 aliphatic rings. The first kappa shape index (κ1) is 5.90. The third-order valence-electron chi connectivity index (χ3n) is 15.4. The van der Waals surface area contributed by atoms with E-state index >= 15 is 0 Å².